The topological polar surface area (TPSA) is 149 Å². The van der Waals surface area contributed by atoms with Gasteiger partial charge < -0.3 is 14.9 Å². The van der Waals surface area contributed by atoms with E-state index in [1.165, 1.54) is 4.57 Å². The lowest BCUT2D eigenvalue weighted by atomic mass is 10.2. The van der Waals surface area contributed by atoms with E-state index in [0.29, 0.717) is 16.5 Å². The molecule has 26 heavy (non-hydrogen) atoms. The van der Waals surface area contributed by atoms with Crippen molar-refractivity contribution in [2.45, 2.75) is 32.5 Å². The van der Waals surface area contributed by atoms with Crippen LogP contribution in [0.3, 0.4) is 0 Å². The van der Waals surface area contributed by atoms with Crippen molar-refractivity contribution in [3.63, 3.8) is 0 Å². The van der Waals surface area contributed by atoms with E-state index in [4.69, 9.17) is 14.9 Å². The van der Waals surface area contributed by atoms with Gasteiger partial charge in [-0.05, 0) is 20.8 Å². The van der Waals surface area contributed by atoms with Gasteiger partial charge in [-0.25, -0.2) is 0 Å². The Morgan fingerprint density at radius 3 is 2.81 bits per heavy atom. The van der Waals surface area contributed by atoms with Gasteiger partial charge in [0.05, 0.1) is 12.4 Å². The van der Waals surface area contributed by atoms with Crippen LogP contribution in [0.15, 0.2) is 9.57 Å². The number of aromatic nitrogens is 3. The second kappa shape index (κ2) is 8.39. The van der Waals surface area contributed by atoms with Crippen molar-refractivity contribution in [1.29, 1.82) is 5.26 Å². The Labute approximate surface area is 153 Å². The molecule has 138 valence electrons. The van der Waals surface area contributed by atoms with Crippen LogP contribution in [0.1, 0.15) is 23.8 Å². The highest BCUT2D eigenvalue weighted by atomic mass is 32.2. The Kier molecular flexibility index (Phi) is 6.24. The highest BCUT2D eigenvalue weighted by Gasteiger charge is 2.19. The van der Waals surface area contributed by atoms with Gasteiger partial charge in [0.1, 0.15) is 23.9 Å². The molecule has 2 heterocycles. The summed E-state index contributed by atoms with van der Waals surface area (Å²) in [5, 5.41) is 19.6. The summed E-state index contributed by atoms with van der Waals surface area (Å²) >= 11 is 1.06. The van der Waals surface area contributed by atoms with Gasteiger partial charge in [0.15, 0.2) is 5.16 Å². The summed E-state index contributed by atoms with van der Waals surface area (Å²) in [5.74, 6) is -0.206. The highest BCUT2D eigenvalue weighted by molar-refractivity contribution is 7.99. The summed E-state index contributed by atoms with van der Waals surface area (Å²) in [6.45, 7) is 5.22. The lowest BCUT2D eigenvalue weighted by molar-refractivity contribution is -0.139. The van der Waals surface area contributed by atoms with Crippen molar-refractivity contribution < 1.29 is 18.7 Å². The fraction of sp³-hybridized carbons (Fsp3) is 0.400. The van der Waals surface area contributed by atoms with Crippen molar-refractivity contribution in [3.8, 4) is 6.07 Å². The third-order valence-electron chi connectivity index (χ3n) is 3.42. The van der Waals surface area contributed by atoms with E-state index in [1.54, 1.807) is 20.8 Å². The normalized spacial score (nSPS) is 10.4. The number of aryl methyl sites for hydroxylation is 1. The fourth-order valence-electron chi connectivity index (χ4n) is 2.04. The molecule has 0 bridgehead atoms. The number of nitrogen functional groups attached to an aromatic ring is 1. The van der Waals surface area contributed by atoms with Crippen LogP contribution in [0.25, 0.3) is 0 Å². The van der Waals surface area contributed by atoms with Crippen molar-refractivity contribution in [3.05, 3.63) is 16.9 Å². The number of ether oxygens (including phenoxy) is 1. The second-order valence-corrected chi connectivity index (χ2v) is 6.11. The van der Waals surface area contributed by atoms with Crippen LogP contribution in [0.2, 0.25) is 0 Å². The Hall–Kier alpha value is -3.00. The van der Waals surface area contributed by atoms with Gasteiger partial charge in [-0.1, -0.05) is 11.8 Å². The molecule has 0 saturated heterocycles. The molecular weight excluding hydrogens is 360 g/mol. The number of nitriles is 1. The van der Waals surface area contributed by atoms with Gasteiger partial charge in [-0.2, -0.15) is 5.26 Å². The minimum absolute atomic E-state index is 0.0166. The molecule has 1 amide bonds. The maximum atomic E-state index is 12.3. The molecule has 0 spiro atoms. The third kappa shape index (κ3) is 4.34. The molecule has 2 aromatic heterocycles. The van der Waals surface area contributed by atoms with Crippen molar-refractivity contribution in [1.82, 2.24) is 14.8 Å². The predicted molar refractivity (Wildman–Crippen MR) is 93.3 cm³/mol. The molecule has 11 heteroatoms. The lowest BCUT2D eigenvalue weighted by Crippen LogP contribution is -2.21. The molecule has 0 aliphatic rings. The average molecular weight is 378 g/mol. The predicted octanol–water partition coefficient (Wildman–Crippen LogP) is 1.24. The minimum Gasteiger partial charge on any atom is -0.465 e. The standard InChI is InChI=1S/C15H18N6O4S/c1-4-24-12(23)7-26-15-20-19-14(17)21(15)6-11(22)18-13-10(5-16)8(2)9(3)25-13/h4,6-7H2,1-3H3,(H2,17,19)(H,18,22). The molecule has 2 rings (SSSR count). The maximum absolute atomic E-state index is 12.3. The van der Waals surface area contributed by atoms with Crippen molar-refractivity contribution in [2.75, 3.05) is 23.4 Å². The first kappa shape index (κ1) is 19.3. The molecule has 10 nitrogen and oxygen atoms in total. The number of amides is 1. The van der Waals surface area contributed by atoms with Crippen LogP contribution in [0.5, 0.6) is 0 Å². The molecular formula is C15H18N6O4S. The molecule has 0 atom stereocenters. The summed E-state index contributed by atoms with van der Waals surface area (Å²) in [7, 11) is 0. The quantitative estimate of drug-likeness (QED) is 0.536. The molecule has 0 aliphatic heterocycles. The van der Waals surface area contributed by atoms with Gasteiger partial charge in [-0.15, -0.1) is 10.2 Å². The van der Waals surface area contributed by atoms with E-state index >= 15 is 0 Å². The molecule has 0 unspecified atom stereocenters. The van der Waals surface area contributed by atoms with Gasteiger partial charge in [0, 0.05) is 5.56 Å². The number of carbonyl (C=O) groups is 2. The van der Waals surface area contributed by atoms with E-state index in [1.807, 2.05) is 6.07 Å². The number of anilines is 2. The van der Waals surface area contributed by atoms with Crippen LogP contribution in [-0.2, 0) is 20.9 Å². The third-order valence-corrected chi connectivity index (χ3v) is 4.36. The van der Waals surface area contributed by atoms with Gasteiger partial charge in [0.25, 0.3) is 0 Å². The van der Waals surface area contributed by atoms with Crippen molar-refractivity contribution in [2.24, 2.45) is 0 Å². The summed E-state index contributed by atoms with van der Waals surface area (Å²) in [4.78, 5) is 23.7. The molecule has 0 fully saturated rings. The molecule has 0 aliphatic carbocycles. The summed E-state index contributed by atoms with van der Waals surface area (Å²) in [5.41, 5.74) is 6.67. The molecule has 0 aromatic carbocycles. The number of nitrogens with two attached hydrogens (primary N) is 1. The van der Waals surface area contributed by atoms with Gasteiger partial charge in [0.2, 0.25) is 17.7 Å². The van der Waals surface area contributed by atoms with Gasteiger partial charge >= 0.3 is 5.97 Å². The van der Waals surface area contributed by atoms with E-state index in [9.17, 15) is 14.9 Å². The Bertz CT molecular complexity index is 866. The number of carbonyl (C=O) groups excluding carboxylic acids is 2. The SMILES string of the molecule is CCOC(=O)CSc1nnc(N)n1CC(=O)Nc1oc(C)c(C)c1C#N. The van der Waals surface area contributed by atoms with E-state index in [0.717, 1.165) is 11.8 Å². The molecule has 2 aromatic rings. The lowest BCUT2D eigenvalue weighted by Gasteiger charge is -2.08. The average Bonchev–Trinajstić information content (AvgIpc) is 3.06. The first-order valence-corrected chi connectivity index (χ1v) is 8.62. The summed E-state index contributed by atoms with van der Waals surface area (Å²) in [6.07, 6.45) is 0. The Morgan fingerprint density at radius 1 is 1.42 bits per heavy atom. The number of furan rings is 1. The zero-order chi connectivity index (χ0) is 19.3. The number of hydrogen-bond acceptors (Lipinski definition) is 9. The molecule has 0 saturated carbocycles. The van der Waals surface area contributed by atoms with Crippen LogP contribution < -0.4 is 11.1 Å². The number of nitrogens with one attached hydrogen (secondary N) is 1. The largest absolute Gasteiger partial charge is 0.465 e. The van der Waals surface area contributed by atoms with Gasteiger partial charge in [-0.3, -0.25) is 19.5 Å². The maximum Gasteiger partial charge on any atom is 0.316 e. The second-order valence-electron chi connectivity index (χ2n) is 5.17. The summed E-state index contributed by atoms with van der Waals surface area (Å²) in [6, 6.07) is 2.00. The zero-order valence-corrected chi connectivity index (χ0v) is 15.3. The number of rotatable bonds is 7. The monoisotopic (exact) mass is 378 g/mol. The van der Waals surface area contributed by atoms with E-state index in [-0.39, 0.29) is 36.3 Å². The Balaban J connectivity index is 2.08. The van der Waals surface area contributed by atoms with Crippen LogP contribution in [0.4, 0.5) is 11.8 Å². The molecule has 3 N–H and O–H groups in total. The first-order chi connectivity index (χ1) is 12.4. The number of hydrogen-bond donors (Lipinski definition) is 2. The highest BCUT2D eigenvalue weighted by Crippen LogP contribution is 2.25. The van der Waals surface area contributed by atoms with Crippen LogP contribution in [0, 0.1) is 25.2 Å². The summed E-state index contributed by atoms with van der Waals surface area (Å²) < 4.78 is 11.6. The van der Waals surface area contributed by atoms with Crippen LogP contribution in [-0.4, -0.2) is 39.0 Å². The molecule has 0 radical (unpaired) electrons. The first-order valence-electron chi connectivity index (χ1n) is 7.64. The van der Waals surface area contributed by atoms with E-state index < -0.39 is 11.9 Å². The number of nitrogens with zero attached hydrogens (tertiary/aromatic N) is 4. The minimum atomic E-state index is -0.472. The number of esters is 1. The van der Waals surface area contributed by atoms with Crippen LogP contribution >= 0.6 is 11.8 Å². The smallest absolute Gasteiger partial charge is 0.316 e. The fourth-order valence-corrected chi connectivity index (χ4v) is 2.78. The number of thioether (sulfide) groups is 1. The van der Waals surface area contributed by atoms with Crippen molar-refractivity contribution >= 4 is 35.5 Å². The van der Waals surface area contributed by atoms with E-state index in [2.05, 4.69) is 15.5 Å². The Morgan fingerprint density at radius 2 is 2.15 bits per heavy atom. The zero-order valence-electron chi connectivity index (χ0n) is 14.5.